The number of carbonyl (C=O) groups excluding carboxylic acids is 1. The Morgan fingerprint density at radius 3 is 1.89 bits per heavy atom. The van der Waals surface area contributed by atoms with E-state index in [4.69, 9.17) is 0 Å². The normalized spacial score (nSPS) is 15.1. The minimum atomic E-state index is -0.521. The summed E-state index contributed by atoms with van der Waals surface area (Å²) < 4.78 is 0. The minimum Gasteiger partial charge on any atom is -0.303 e. The van der Waals surface area contributed by atoms with Crippen LogP contribution >= 0.6 is 17.0 Å². The van der Waals surface area contributed by atoms with Crippen molar-refractivity contribution in [2.45, 2.75) is 50.9 Å². The van der Waals surface area contributed by atoms with Crippen molar-refractivity contribution < 1.29 is 4.79 Å². The quantitative estimate of drug-likeness (QED) is 0.528. The van der Waals surface area contributed by atoms with E-state index in [0.717, 1.165) is 30.5 Å². The highest BCUT2D eigenvalue weighted by atomic mass is 79.9. The predicted molar refractivity (Wildman–Crippen MR) is 119 cm³/mol. The second-order valence-corrected chi connectivity index (χ2v) is 7.42. The molecule has 146 valence electrons. The Morgan fingerprint density at radius 2 is 1.41 bits per heavy atom. The van der Waals surface area contributed by atoms with Crippen LogP contribution in [0.1, 0.15) is 56.6 Å². The first kappa shape index (κ1) is 21.8. The van der Waals surface area contributed by atoms with Gasteiger partial charge in [-0.3, -0.25) is 4.79 Å². The molecule has 0 aliphatic carbocycles. The summed E-state index contributed by atoms with van der Waals surface area (Å²) >= 11 is 0. The number of ketones is 1. The molecule has 1 aliphatic rings. The maximum Gasteiger partial charge on any atom is 0.147 e. The fourth-order valence-electron chi connectivity index (χ4n) is 4.41. The van der Waals surface area contributed by atoms with Crippen LogP contribution in [0, 0.1) is 0 Å². The fourth-order valence-corrected chi connectivity index (χ4v) is 4.41. The highest BCUT2D eigenvalue weighted by Gasteiger charge is 2.39. The van der Waals surface area contributed by atoms with Crippen molar-refractivity contribution >= 4 is 22.8 Å². The van der Waals surface area contributed by atoms with Crippen LogP contribution in [0.25, 0.3) is 0 Å². The minimum absolute atomic E-state index is 0. The van der Waals surface area contributed by atoms with E-state index in [-0.39, 0.29) is 17.0 Å². The lowest BCUT2D eigenvalue weighted by atomic mass is 9.67. The topological polar surface area (TPSA) is 20.3 Å². The first-order valence-electron chi connectivity index (χ1n) is 10.1. The molecule has 0 unspecified atom stereocenters. The average molecular weight is 430 g/mol. The second kappa shape index (κ2) is 10.8. The molecule has 0 atom stereocenters. The second-order valence-electron chi connectivity index (χ2n) is 7.42. The Balaban J connectivity index is 0.00000261. The summed E-state index contributed by atoms with van der Waals surface area (Å²) in [5, 5.41) is 0. The lowest BCUT2D eigenvalue weighted by Gasteiger charge is -2.35. The van der Waals surface area contributed by atoms with Gasteiger partial charge in [-0.05, 0) is 56.4 Å². The molecule has 1 heterocycles. The number of carbonyl (C=O) groups is 1. The summed E-state index contributed by atoms with van der Waals surface area (Å²) in [7, 11) is 0. The number of likely N-dealkylation sites (tertiary alicyclic amines) is 1. The molecule has 27 heavy (non-hydrogen) atoms. The van der Waals surface area contributed by atoms with E-state index in [1.54, 1.807) is 0 Å². The van der Waals surface area contributed by atoms with Gasteiger partial charge in [-0.2, -0.15) is 0 Å². The Bertz CT molecular complexity index is 641. The van der Waals surface area contributed by atoms with Crippen molar-refractivity contribution in [3.05, 3.63) is 71.8 Å². The third-order valence-electron chi connectivity index (χ3n) is 5.81. The Morgan fingerprint density at radius 1 is 0.889 bits per heavy atom. The highest BCUT2D eigenvalue weighted by Crippen LogP contribution is 2.39. The molecule has 0 amide bonds. The van der Waals surface area contributed by atoms with E-state index in [9.17, 15) is 4.79 Å². The molecule has 2 nitrogen and oxygen atoms in total. The number of hydrogen-bond acceptors (Lipinski definition) is 2. The van der Waals surface area contributed by atoms with Gasteiger partial charge in [-0.15, -0.1) is 17.0 Å². The predicted octanol–water partition coefficient (Wildman–Crippen LogP) is 5.80. The molecular weight excluding hydrogens is 398 g/mol. The van der Waals surface area contributed by atoms with Gasteiger partial charge in [-0.25, -0.2) is 0 Å². The summed E-state index contributed by atoms with van der Waals surface area (Å²) in [6.45, 7) is 5.52. The molecule has 3 rings (SSSR count). The largest absolute Gasteiger partial charge is 0.303 e. The van der Waals surface area contributed by atoms with Crippen LogP contribution in [-0.4, -0.2) is 30.3 Å². The van der Waals surface area contributed by atoms with Crippen LogP contribution in [0.4, 0.5) is 0 Å². The molecule has 0 saturated carbocycles. The third-order valence-corrected chi connectivity index (χ3v) is 5.81. The van der Waals surface area contributed by atoms with Gasteiger partial charge in [-0.1, -0.05) is 74.0 Å². The lowest BCUT2D eigenvalue weighted by molar-refractivity contribution is -0.123. The number of rotatable bonds is 8. The molecule has 1 fully saturated rings. The maximum atomic E-state index is 13.3. The van der Waals surface area contributed by atoms with E-state index in [0.29, 0.717) is 12.2 Å². The van der Waals surface area contributed by atoms with E-state index in [1.807, 2.05) is 19.1 Å². The molecule has 0 spiro atoms. The van der Waals surface area contributed by atoms with Gasteiger partial charge >= 0.3 is 0 Å². The van der Waals surface area contributed by atoms with E-state index < -0.39 is 5.41 Å². The number of piperidine rings is 1. The highest BCUT2D eigenvalue weighted by molar-refractivity contribution is 8.93. The third kappa shape index (κ3) is 5.08. The molecule has 2 aromatic rings. The van der Waals surface area contributed by atoms with Gasteiger partial charge in [0.15, 0.2) is 0 Å². The van der Waals surface area contributed by atoms with E-state index in [1.165, 1.54) is 32.4 Å². The number of nitrogens with zero attached hydrogens (tertiary/aromatic N) is 1. The van der Waals surface area contributed by atoms with Gasteiger partial charge in [0.2, 0.25) is 0 Å². The van der Waals surface area contributed by atoms with Crippen molar-refractivity contribution in [3.8, 4) is 0 Å². The Labute approximate surface area is 174 Å². The van der Waals surface area contributed by atoms with Gasteiger partial charge in [0.05, 0.1) is 5.41 Å². The number of Topliss-reactive ketones (excluding diaryl/α,β-unsaturated/α-hetero) is 1. The average Bonchev–Trinajstić information content (AvgIpc) is 2.73. The number of hydrogen-bond donors (Lipinski definition) is 0. The van der Waals surface area contributed by atoms with Gasteiger partial charge in [0.1, 0.15) is 5.78 Å². The zero-order chi connectivity index (χ0) is 18.2. The summed E-state index contributed by atoms with van der Waals surface area (Å²) in [5.74, 6) is 0.327. The molecular formula is C24H32BrNO. The summed E-state index contributed by atoms with van der Waals surface area (Å²) in [5.41, 5.74) is 1.75. The van der Waals surface area contributed by atoms with Crippen molar-refractivity contribution in [3.63, 3.8) is 0 Å². The van der Waals surface area contributed by atoms with Gasteiger partial charge in [0, 0.05) is 6.42 Å². The van der Waals surface area contributed by atoms with Crippen molar-refractivity contribution in [2.24, 2.45) is 0 Å². The molecule has 1 saturated heterocycles. The fraction of sp³-hybridized carbons (Fsp3) is 0.458. The smallest absolute Gasteiger partial charge is 0.147 e. The SMILES string of the molecule is Br.CCC(=O)C(CCCN1CCCCC1)(c1ccccc1)c1ccccc1. The Kier molecular flexibility index (Phi) is 8.72. The molecule has 3 heteroatoms. The van der Waals surface area contributed by atoms with Crippen LogP contribution in [0.3, 0.4) is 0 Å². The standard InChI is InChI=1S/C24H31NO.BrH/c1-2-23(26)24(21-13-6-3-7-14-21,22-15-8-4-9-16-22)17-12-20-25-18-10-5-11-19-25;/h3-4,6-9,13-16H,2,5,10-12,17-20H2,1H3;1H. The molecule has 0 N–H and O–H groups in total. The van der Waals surface area contributed by atoms with E-state index >= 15 is 0 Å². The summed E-state index contributed by atoms with van der Waals surface area (Å²) in [4.78, 5) is 15.9. The molecule has 0 bridgehead atoms. The zero-order valence-corrected chi connectivity index (χ0v) is 18.1. The first-order chi connectivity index (χ1) is 12.8. The van der Waals surface area contributed by atoms with Crippen LogP contribution in [0.15, 0.2) is 60.7 Å². The molecule has 1 aliphatic heterocycles. The lowest BCUT2D eigenvalue weighted by Crippen LogP contribution is -2.38. The molecule has 0 aromatic heterocycles. The Hall–Kier alpha value is -1.45. The summed E-state index contributed by atoms with van der Waals surface area (Å²) in [6.07, 6.45) is 6.49. The van der Waals surface area contributed by atoms with Crippen molar-refractivity contribution in [2.75, 3.05) is 19.6 Å². The molecule has 0 radical (unpaired) electrons. The van der Waals surface area contributed by atoms with Gasteiger partial charge < -0.3 is 4.90 Å². The van der Waals surface area contributed by atoms with Crippen molar-refractivity contribution in [1.29, 1.82) is 0 Å². The van der Waals surface area contributed by atoms with Crippen LogP contribution < -0.4 is 0 Å². The number of halogens is 1. The molecule has 2 aromatic carbocycles. The van der Waals surface area contributed by atoms with Crippen LogP contribution in [0.2, 0.25) is 0 Å². The van der Waals surface area contributed by atoms with Crippen LogP contribution in [-0.2, 0) is 10.2 Å². The van der Waals surface area contributed by atoms with Crippen LogP contribution in [0.5, 0.6) is 0 Å². The van der Waals surface area contributed by atoms with Gasteiger partial charge in [0.25, 0.3) is 0 Å². The number of benzene rings is 2. The first-order valence-corrected chi connectivity index (χ1v) is 10.1. The zero-order valence-electron chi connectivity index (χ0n) is 16.4. The van der Waals surface area contributed by atoms with E-state index in [2.05, 4.69) is 53.4 Å². The summed E-state index contributed by atoms with van der Waals surface area (Å²) in [6, 6.07) is 20.8. The maximum absolute atomic E-state index is 13.3. The van der Waals surface area contributed by atoms with Crippen molar-refractivity contribution in [1.82, 2.24) is 4.90 Å². The monoisotopic (exact) mass is 429 g/mol.